The first-order chi connectivity index (χ1) is 13.1. The standard InChI is InChI=1S/C21H27FN2O3/c1-3-11-27-17-21(25)16-23(10-12-26-2)15-20-8-5-9-24(20)14-18-6-4-7-19(22)13-18/h1,4-9,13,21,25H,10-12,14-17H2,2H3/p+1/t21-/m1/s1. The van der Waals surface area contributed by atoms with Gasteiger partial charge in [-0.15, -0.1) is 6.42 Å². The Morgan fingerprint density at radius 1 is 1.33 bits per heavy atom. The number of benzene rings is 1. The van der Waals surface area contributed by atoms with E-state index in [1.165, 1.54) is 11.0 Å². The summed E-state index contributed by atoms with van der Waals surface area (Å²) in [7, 11) is 1.66. The van der Waals surface area contributed by atoms with Crippen LogP contribution in [-0.2, 0) is 22.6 Å². The molecule has 0 aliphatic rings. The third-order valence-electron chi connectivity index (χ3n) is 4.28. The van der Waals surface area contributed by atoms with Crippen molar-refractivity contribution in [1.29, 1.82) is 0 Å². The van der Waals surface area contributed by atoms with Crippen molar-refractivity contribution >= 4 is 0 Å². The maximum absolute atomic E-state index is 13.4. The topological polar surface area (TPSA) is 48.1 Å². The fourth-order valence-electron chi connectivity index (χ4n) is 3.01. The molecule has 27 heavy (non-hydrogen) atoms. The molecule has 0 saturated heterocycles. The third kappa shape index (κ3) is 7.53. The van der Waals surface area contributed by atoms with Crippen LogP contribution in [0.3, 0.4) is 0 Å². The Bertz CT molecular complexity index is 726. The van der Waals surface area contributed by atoms with E-state index in [9.17, 15) is 9.50 Å². The summed E-state index contributed by atoms with van der Waals surface area (Å²) in [6.07, 6.45) is 6.54. The van der Waals surface area contributed by atoms with Crippen molar-refractivity contribution in [2.45, 2.75) is 19.2 Å². The number of hydrogen-bond donors (Lipinski definition) is 2. The van der Waals surface area contributed by atoms with E-state index in [0.29, 0.717) is 19.7 Å². The predicted molar refractivity (Wildman–Crippen MR) is 102 cm³/mol. The molecule has 2 aromatic rings. The number of hydrogen-bond acceptors (Lipinski definition) is 3. The predicted octanol–water partition coefficient (Wildman–Crippen LogP) is 0.718. The molecule has 0 fully saturated rings. The second-order valence-electron chi connectivity index (χ2n) is 6.50. The molecule has 2 rings (SSSR count). The summed E-state index contributed by atoms with van der Waals surface area (Å²) < 4.78 is 26.0. The maximum Gasteiger partial charge on any atom is 0.126 e. The number of quaternary nitrogens is 1. The summed E-state index contributed by atoms with van der Waals surface area (Å²) in [4.78, 5) is 1.17. The van der Waals surface area contributed by atoms with E-state index < -0.39 is 6.10 Å². The molecule has 0 radical (unpaired) electrons. The second-order valence-corrected chi connectivity index (χ2v) is 6.50. The third-order valence-corrected chi connectivity index (χ3v) is 4.28. The van der Waals surface area contributed by atoms with E-state index in [1.54, 1.807) is 19.2 Å². The molecule has 5 nitrogen and oxygen atoms in total. The van der Waals surface area contributed by atoms with Crippen LogP contribution >= 0.6 is 0 Å². The number of aliphatic hydroxyl groups excluding tert-OH is 1. The van der Waals surface area contributed by atoms with Crippen LogP contribution in [0, 0.1) is 18.2 Å². The number of nitrogens with one attached hydrogen (secondary N) is 1. The van der Waals surface area contributed by atoms with Gasteiger partial charge in [0, 0.05) is 19.9 Å². The van der Waals surface area contributed by atoms with Crippen molar-refractivity contribution in [3.63, 3.8) is 0 Å². The molecule has 1 aromatic heterocycles. The number of rotatable bonds is 12. The fraction of sp³-hybridized carbons (Fsp3) is 0.429. The molecule has 0 aliphatic carbocycles. The van der Waals surface area contributed by atoms with Gasteiger partial charge in [0.15, 0.2) is 0 Å². The lowest BCUT2D eigenvalue weighted by atomic mass is 10.2. The highest BCUT2D eigenvalue weighted by atomic mass is 19.1. The Morgan fingerprint density at radius 3 is 2.93 bits per heavy atom. The average Bonchev–Trinajstić information content (AvgIpc) is 3.06. The Balaban J connectivity index is 2.00. The van der Waals surface area contributed by atoms with Gasteiger partial charge in [-0.05, 0) is 29.8 Å². The van der Waals surface area contributed by atoms with Crippen molar-refractivity contribution < 1.29 is 23.9 Å². The Kier molecular flexibility index (Phi) is 9.02. The number of methoxy groups -OCH3 is 1. The zero-order valence-electron chi connectivity index (χ0n) is 15.7. The summed E-state index contributed by atoms with van der Waals surface area (Å²) in [6, 6.07) is 10.7. The van der Waals surface area contributed by atoms with Crippen LogP contribution < -0.4 is 4.90 Å². The zero-order chi connectivity index (χ0) is 19.5. The molecule has 0 amide bonds. The number of aliphatic hydroxyl groups is 1. The minimum atomic E-state index is -0.600. The SMILES string of the molecule is C#CCOC[C@H](O)C[NH+](CCOC)Cc1cccn1Cc1cccc(F)c1. The fourth-order valence-corrected chi connectivity index (χ4v) is 3.01. The van der Waals surface area contributed by atoms with Gasteiger partial charge >= 0.3 is 0 Å². The molecule has 1 aromatic carbocycles. The average molecular weight is 375 g/mol. The number of terminal acetylenes is 1. The van der Waals surface area contributed by atoms with Gasteiger partial charge in [-0.3, -0.25) is 0 Å². The Labute approximate surface area is 160 Å². The first kappa shape index (κ1) is 21.1. The highest BCUT2D eigenvalue weighted by Crippen LogP contribution is 2.09. The van der Waals surface area contributed by atoms with Gasteiger partial charge < -0.3 is 24.0 Å². The van der Waals surface area contributed by atoms with Crippen LogP contribution in [0.15, 0.2) is 42.6 Å². The van der Waals surface area contributed by atoms with Gasteiger partial charge in [-0.2, -0.15) is 0 Å². The van der Waals surface area contributed by atoms with Gasteiger partial charge in [0.25, 0.3) is 0 Å². The first-order valence-electron chi connectivity index (χ1n) is 9.02. The van der Waals surface area contributed by atoms with E-state index in [2.05, 4.69) is 10.5 Å². The Hall–Kier alpha value is -2.17. The van der Waals surface area contributed by atoms with Crippen LogP contribution in [0.25, 0.3) is 0 Å². The molecule has 2 N–H and O–H groups in total. The molecule has 6 heteroatoms. The lowest BCUT2D eigenvalue weighted by Gasteiger charge is -2.23. The van der Waals surface area contributed by atoms with Crippen molar-refractivity contribution in [3.8, 4) is 12.3 Å². The zero-order valence-corrected chi connectivity index (χ0v) is 15.7. The molecule has 0 bridgehead atoms. The summed E-state index contributed by atoms with van der Waals surface area (Å²) in [6.45, 7) is 3.61. The van der Waals surface area contributed by atoms with Crippen LogP contribution in [0.5, 0.6) is 0 Å². The lowest BCUT2D eigenvalue weighted by Crippen LogP contribution is -3.12. The van der Waals surface area contributed by atoms with Crippen molar-refractivity contribution in [2.75, 3.05) is 40.0 Å². The minimum Gasteiger partial charge on any atom is -0.385 e. The highest BCUT2D eigenvalue weighted by Gasteiger charge is 2.17. The van der Waals surface area contributed by atoms with Crippen molar-refractivity contribution in [3.05, 3.63) is 59.7 Å². The number of ether oxygens (including phenoxy) is 2. The van der Waals surface area contributed by atoms with E-state index in [4.69, 9.17) is 15.9 Å². The molecule has 1 heterocycles. The van der Waals surface area contributed by atoms with E-state index in [-0.39, 0.29) is 19.0 Å². The van der Waals surface area contributed by atoms with Gasteiger partial charge in [0.05, 0.1) is 18.9 Å². The number of aromatic nitrogens is 1. The van der Waals surface area contributed by atoms with Gasteiger partial charge in [0.1, 0.15) is 38.2 Å². The first-order valence-corrected chi connectivity index (χ1v) is 9.02. The van der Waals surface area contributed by atoms with Crippen molar-refractivity contribution in [1.82, 2.24) is 4.57 Å². The second kappa shape index (κ2) is 11.5. The van der Waals surface area contributed by atoms with Crippen LogP contribution in [0.4, 0.5) is 4.39 Å². The number of halogens is 1. The summed E-state index contributed by atoms with van der Waals surface area (Å²) >= 11 is 0. The van der Waals surface area contributed by atoms with Crippen LogP contribution in [-0.4, -0.2) is 55.8 Å². The van der Waals surface area contributed by atoms with Gasteiger partial charge in [-0.1, -0.05) is 18.1 Å². The van der Waals surface area contributed by atoms with Crippen LogP contribution in [0.2, 0.25) is 0 Å². The summed E-state index contributed by atoms with van der Waals surface area (Å²) in [5.74, 6) is 2.16. The van der Waals surface area contributed by atoms with Crippen LogP contribution in [0.1, 0.15) is 11.3 Å². The largest absolute Gasteiger partial charge is 0.385 e. The molecule has 0 spiro atoms. The molecule has 1 unspecified atom stereocenters. The Morgan fingerprint density at radius 2 is 2.19 bits per heavy atom. The van der Waals surface area contributed by atoms with E-state index >= 15 is 0 Å². The smallest absolute Gasteiger partial charge is 0.126 e. The molecule has 0 aliphatic heterocycles. The monoisotopic (exact) mass is 375 g/mol. The summed E-state index contributed by atoms with van der Waals surface area (Å²) in [5, 5.41) is 10.2. The molecule has 0 saturated carbocycles. The molecule has 2 atom stereocenters. The highest BCUT2D eigenvalue weighted by molar-refractivity contribution is 5.18. The maximum atomic E-state index is 13.4. The van der Waals surface area contributed by atoms with Gasteiger partial charge in [-0.25, -0.2) is 4.39 Å². The van der Waals surface area contributed by atoms with Gasteiger partial charge in [0.2, 0.25) is 0 Å². The minimum absolute atomic E-state index is 0.195. The van der Waals surface area contributed by atoms with Crippen molar-refractivity contribution in [2.24, 2.45) is 0 Å². The molecular formula is C21H28FN2O3+. The number of nitrogens with zero attached hydrogens (tertiary/aromatic N) is 1. The summed E-state index contributed by atoms with van der Waals surface area (Å²) in [5.41, 5.74) is 2.02. The van der Waals surface area contributed by atoms with E-state index in [1.807, 2.05) is 24.4 Å². The molecular weight excluding hydrogens is 347 g/mol. The van der Waals surface area contributed by atoms with E-state index in [0.717, 1.165) is 24.3 Å². The quantitative estimate of drug-likeness (QED) is 0.425. The molecule has 146 valence electrons. The lowest BCUT2D eigenvalue weighted by molar-refractivity contribution is -0.917. The normalized spacial score (nSPS) is 13.3.